The molecule has 0 bridgehead atoms. The molecule has 8 nitrogen and oxygen atoms in total. The summed E-state index contributed by atoms with van der Waals surface area (Å²) in [5.41, 5.74) is 0.952. The summed E-state index contributed by atoms with van der Waals surface area (Å²) in [6.45, 7) is 4.90. The number of carbonyl (C=O) groups excluding carboxylic acids is 1. The van der Waals surface area contributed by atoms with E-state index in [1.54, 1.807) is 6.92 Å². The van der Waals surface area contributed by atoms with Gasteiger partial charge in [-0.3, -0.25) is 19.1 Å². The largest absolute Gasteiger partial charge is 0.459 e. The van der Waals surface area contributed by atoms with Gasteiger partial charge in [0.25, 0.3) is 5.56 Å². The van der Waals surface area contributed by atoms with Gasteiger partial charge in [-0.1, -0.05) is 41.9 Å². The molecule has 2 saturated heterocycles. The molecule has 2 aromatic rings. The second-order valence-corrected chi connectivity index (χ2v) is 8.99. The SMILES string of the molecule is Cc1c(Cl)nc(NC[C@H]2CCCN2C2CCOCC2)c(=O)n1CC(=O)OCc1ccccc1. The minimum absolute atomic E-state index is 0.154. The molecule has 1 aromatic heterocycles. The Bertz CT molecular complexity index is 1010. The van der Waals surface area contributed by atoms with Gasteiger partial charge in [-0.25, -0.2) is 4.98 Å². The van der Waals surface area contributed by atoms with E-state index in [1.165, 1.54) is 4.57 Å². The van der Waals surface area contributed by atoms with Gasteiger partial charge in [0.1, 0.15) is 13.2 Å². The number of rotatable bonds is 8. The zero-order valence-corrected chi connectivity index (χ0v) is 19.7. The van der Waals surface area contributed by atoms with E-state index in [0.29, 0.717) is 24.3 Å². The van der Waals surface area contributed by atoms with Crippen molar-refractivity contribution in [3.63, 3.8) is 0 Å². The highest BCUT2D eigenvalue weighted by Gasteiger charge is 2.31. The first kappa shape index (κ1) is 23.7. The molecule has 0 aliphatic carbocycles. The van der Waals surface area contributed by atoms with Crippen LogP contribution in [0.5, 0.6) is 0 Å². The van der Waals surface area contributed by atoms with Crippen LogP contribution >= 0.6 is 11.6 Å². The molecule has 33 heavy (non-hydrogen) atoms. The summed E-state index contributed by atoms with van der Waals surface area (Å²) in [6, 6.07) is 10.3. The van der Waals surface area contributed by atoms with Gasteiger partial charge >= 0.3 is 5.97 Å². The Kier molecular flexibility index (Phi) is 8.01. The van der Waals surface area contributed by atoms with Gasteiger partial charge in [0, 0.05) is 31.8 Å². The van der Waals surface area contributed by atoms with Crippen molar-refractivity contribution in [2.75, 3.05) is 31.6 Å². The van der Waals surface area contributed by atoms with Gasteiger partial charge in [-0.05, 0) is 44.7 Å². The maximum atomic E-state index is 13.1. The Morgan fingerprint density at radius 3 is 2.76 bits per heavy atom. The Hall–Kier alpha value is -2.42. The third kappa shape index (κ3) is 5.93. The number of carbonyl (C=O) groups is 1. The molecule has 0 unspecified atom stereocenters. The summed E-state index contributed by atoms with van der Waals surface area (Å²) in [7, 11) is 0. The third-order valence-electron chi connectivity index (χ3n) is 6.48. The van der Waals surface area contributed by atoms with E-state index >= 15 is 0 Å². The summed E-state index contributed by atoms with van der Waals surface area (Å²) in [6.07, 6.45) is 4.30. The first-order valence-electron chi connectivity index (χ1n) is 11.6. The first-order valence-corrected chi connectivity index (χ1v) is 11.9. The molecule has 0 spiro atoms. The zero-order chi connectivity index (χ0) is 23.2. The molecule has 1 aromatic carbocycles. The lowest BCUT2D eigenvalue weighted by atomic mass is 10.1. The first-order chi connectivity index (χ1) is 16.0. The summed E-state index contributed by atoms with van der Waals surface area (Å²) in [4.78, 5) is 32.3. The van der Waals surface area contributed by atoms with Gasteiger partial charge in [0.2, 0.25) is 0 Å². The zero-order valence-electron chi connectivity index (χ0n) is 19.0. The Morgan fingerprint density at radius 2 is 2.00 bits per heavy atom. The van der Waals surface area contributed by atoms with Gasteiger partial charge in [0.15, 0.2) is 11.0 Å². The number of hydrogen-bond acceptors (Lipinski definition) is 7. The van der Waals surface area contributed by atoms with Crippen LogP contribution in [0.15, 0.2) is 35.1 Å². The van der Waals surface area contributed by atoms with Gasteiger partial charge in [-0.15, -0.1) is 0 Å². The quantitative estimate of drug-likeness (QED) is 0.588. The maximum Gasteiger partial charge on any atom is 0.326 e. The van der Waals surface area contributed by atoms with Crippen molar-refractivity contribution in [2.24, 2.45) is 0 Å². The molecule has 0 radical (unpaired) electrons. The number of benzene rings is 1. The van der Waals surface area contributed by atoms with Crippen LogP contribution < -0.4 is 10.9 Å². The lowest BCUT2D eigenvalue weighted by Gasteiger charge is -2.35. The molecular formula is C24H31ClN4O4. The van der Waals surface area contributed by atoms with E-state index < -0.39 is 5.97 Å². The number of esters is 1. The number of halogens is 1. The molecule has 0 saturated carbocycles. The molecule has 1 atom stereocenters. The minimum atomic E-state index is -0.501. The van der Waals surface area contributed by atoms with Gasteiger partial charge < -0.3 is 14.8 Å². The van der Waals surface area contributed by atoms with Crippen LogP contribution in [0.1, 0.15) is 36.9 Å². The maximum absolute atomic E-state index is 13.1. The van der Waals surface area contributed by atoms with E-state index in [1.807, 2.05) is 30.3 Å². The summed E-state index contributed by atoms with van der Waals surface area (Å²) >= 11 is 6.31. The standard InChI is InChI=1S/C24H31ClN4O4/c1-17-22(25)27-23(26-14-20-8-5-11-28(20)19-9-12-32-13-10-19)24(31)29(17)15-21(30)33-16-18-6-3-2-4-7-18/h2-4,6-7,19-20H,5,8-16H2,1H3,(H,26,27)/t20-/m1/s1. The van der Waals surface area contributed by atoms with E-state index in [-0.39, 0.29) is 29.7 Å². The lowest BCUT2D eigenvalue weighted by molar-refractivity contribution is -0.145. The van der Waals surface area contributed by atoms with Gasteiger partial charge in [-0.2, -0.15) is 0 Å². The highest BCUT2D eigenvalue weighted by molar-refractivity contribution is 6.30. The minimum Gasteiger partial charge on any atom is -0.459 e. The molecule has 9 heteroatoms. The van der Waals surface area contributed by atoms with Crippen LogP contribution in [-0.2, 0) is 27.4 Å². The highest BCUT2D eigenvalue weighted by Crippen LogP contribution is 2.25. The summed E-state index contributed by atoms with van der Waals surface area (Å²) in [5, 5.41) is 3.40. The van der Waals surface area contributed by atoms with Crippen LogP contribution in [0.2, 0.25) is 5.15 Å². The molecule has 3 heterocycles. The predicted octanol–water partition coefficient (Wildman–Crippen LogP) is 3.00. The number of hydrogen-bond donors (Lipinski definition) is 1. The molecule has 2 aliphatic heterocycles. The van der Waals surface area contributed by atoms with E-state index in [9.17, 15) is 9.59 Å². The topological polar surface area (TPSA) is 85.7 Å². The van der Waals surface area contributed by atoms with E-state index in [4.69, 9.17) is 21.1 Å². The highest BCUT2D eigenvalue weighted by atomic mass is 35.5. The van der Waals surface area contributed by atoms with Crippen molar-refractivity contribution < 1.29 is 14.3 Å². The lowest BCUT2D eigenvalue weighted by Crippen LogP contribution is -2.45. The fourth-order valence-corrected chi connectivity index (χ4v) is 4.81. The second-order valence-electron chi connectivity index (χ2n) is 8.63. The van der Waals surface area contributed by atoms with Crippen LogP contribution in [0, 0.1) is 6.92 Å². The fraction of sp³-hybridized carbons (Fsp3) is 0.542. The van der Waals surface area contributed by atoms with Crippen molar-refractivity contribution >= 4 is 23.4 Å². The van der Waals surface area contributed by atoms with Crippen LogP contribution in [0.4, 0.5) is 5.82 Å². The molecular weight excluding hydrogens is 444 g/mol. The molecule has 2 fully saturated rings. The molecule has 2 aliphatic rings. The van der Waals surface area contributed by atoms with Crippen molar-refractivity contribution in [3.05, 3.63) is 57.1 Å². The summed E-state index contributed by atoms with van der Waals surface area (Å²) in [5.74, 6) is -0.334. The predicted molar refractivity (Wildman–Crippen MR) is 127 cm³/mol. The smallest absolute Gasteiger partial charge is 0.326 e. The van der Waals surface area contributed by atoms with Crippen molar-refractivity contribution in [3.8, 4) is 0 Å². The normalized spacial score (nSPS) is 19.5. The van der Waals surface area contributed by atoms with Crippen LogP contribution in [-0.4, -0.2) is 58.8 Å². The Labute approximate surface area is 198 Å². The average molecular weight is 475 g/mol. The number of aromatic nitrogens is 2. The van der Waals surface area contributed by atoms with Crippen molar-refractivity contribution in [2.45, 2.75) is 57.8 Å². The molecule has 1 N–H and O–H groups in total. The van der Waals surface area contributed by atoms with Crippen molar-refractivity contribution in [1.82, 2.24) is 14.5 Å². The molecule has 178 valence electrons. The number of ether oxygens (including phenoxy) is 2. The summed E-state index contributed by atoms with van der Waals surface area (Å²) < 4.78 is 12.2. The number of likely N-dealkylation sites (tertiary alicyclic amines) is 1. The van der Waals surface area contributed by atoms with E-state index in [0.717, 1.165) is 51.0 Å². The monoisotopic (exact) mass is 474 g/mol. The number of nitrogens with zero attached hydrogens (tertiary/aromatic N) is 3. The van der Waals surface area contributed by atoms with Gasteiger partial charge in [0.05, 0.1) is 5.69 Å². The Balaban J connectivity index is 1.40. The third-order valence-corrected chi connectivity index (χ3v) is 6.84. The van der Waals surface area contributed by atoms with Crippen LogP contribution in [0.3, 0.4) is 0 Å². The van der Waals surface area contributed by atoms with E-state index in [2.05, 4.69) is 15.2 Å². The Morgan fingerprint density at radius 1 is 1.24 bits per heavy atom. The number of nitrogens with one attached hydrogen (secondary N) is 1. The molecule has 4 rings (SSSR count). The van der Waals surface area contributed by atoms with Crippen LogP contribution in [0.25, 0.3) is 0 Å². The average Bonchev–Trinajstić information content (AvgIpc) is 3.32. The molecule has 0 amide bonds. The second kappa shape index (κ2) is 11.1. The van der Waals surface area contributed by atoms with Crippen molar-refractivity contribution in [1.29, 1.82) is 0 Å². The number of anilines is 1. The fourth-order valence-electron chi connectivity index (χ4n) is 4.63.